The van der Waals surface area contributed by atoms with Crippen molar-refractivity contribution in [3.05, 3.63) is 48.8 Å². The molecule has 4 nitrogen and oxygen atoms in total. The number of fused-ring (bicyclic) bond motifs is 1. The Kier molecular flexibility index (Phi) is 3.99. The molecule has 4 rings (SSSR count). The van der Waals surface area contributed by atoms with Gasteiger partial charge in [-0.1, -0.05) is 18.2 Å². The molecule has 23 heavy (non-hydrogen) atoms. The first kappa shape index (κ1) is 14.3. The first-order chi connectivity index (χ1) is 11.4. The van der Waals surface area contributed by atoms with Crippen molar-refractivity contribution < 1.29 is 4.74 Å². The highest BCUT2D eigenvalue weighted by atomic mass is 16.5. The molecule has 1 aromatic carbocycles. The number of hydrogen-bond donors (Lipinski definition) is 2. The third kappa shape index (κ3) is 3.08. The second-order valence-corrected chi connectivity index (χ2v) is 6.12. The van der Waals surface area contributed by atoms with Crippen LogP contribution in [0.5, 0.6) is 0 Å². The Bertz CT molecular complexity index is 773. The summed E-state index contributed by atoms with van der Waals surface area (Å²) in [7, 11) is 0. The van der Waals surface area contributed by atoms with E-state index in [1.54, 1.807) is 0 Å². The molecule has 0 atom stereocenters. The van der Waals surface area contributed by atoms with E-state index in [9.17, 15) is 0 Å². The first-order valence-electron chi connectivity index (χ1n) is 8.24. The number of pyridine rings is 1. The normalized spacial score (nSPS) is 15.8. The fourth-order valence-corrected chi connectivity index (χ4v) is 3.17. The molecule has 0 aliphatic carbocycles. The molecule has 0 bridgehead atoms. The topological polar surface area (TPSA) is 49.9 Å². The molecule has 1 aliphatic heterocycles. The smallest absolute Gasteiger partial charge is 0.125 e. The van der Waals surface area contributed by atoms with Gasteiger partial charge in [0.1, 0.15) is 5.82 Å². The van der Waals surface area contributed by atoms with Gasteiger partial charge >= 0.3 is 0 Å². The summed E-state index contributed by atoms with van der Waals surface area (Å²) in [6.45, 7) is 2.75. The van der Waals surface area contributed by atoms with E-state index in [1.807, 2.05) is 12.3 Å². The summed E-state index contributed by atoms with van der Waals surface area (Å²) in [5, 5.41) is 4.68. The van der Waals surface area contributed by atoms with E-state index in [2.05, 4.69) is 51.8 Å². The van der Waals surface area contributed by atoms with Gasteiger partial charge in [-0.25, -0.2) is 4.98 Å². The highest BCUT2D eigenvalue weighted by Crippen LogP contribution is 2.28. The predicted molar refractivity (Wildman–Crippen MR) is 93.6 cm³/mol. The molecule has 2 N–H and O–H groups in total. The Balaban J connectivity index is 1.47. The highest BCUT2D eigenvalue weighted by Gasteiger charge is 2.13. The molecule has 1 fully saturated rings. The van der Waals surface area contributed by atoms with Crippen molar-refractivity contribution in [2.75, 3.05) is 25.1 Å². The van der Waals surface area contributed by atoms with Crippen molar-refractivity contribution in [1.29, 1.82) is 0 Å². The van der Waals surface area contributed by atoms with Crippen LogP contribution in [-0.4, -0.2) is 29.7 Å². The number of hydrogen-bond acceptors (Lipinski definition) is 3. The van der Waals surface area contributed by atoms with Crippen molar-refractivity contribution in [2.24, 2.45) is 5.92 Å². The summed E-state index contributed by atoms with van der Waals surface area (Å²) in [6, 6.07) is 12.5. The van der Waals surface area contributed by atoms with Crippen LogP contribution in [0.25, 0.3) is 22.0 Å². The predicted octanol–water partition coefficient (Wildman–Crippen LogP) is 4.07. The van der Waals surface area contributed by atoms with E-state index in [0.717, 1.165) is 49.5 Å². The van der Waals surface area contributed by atoms with Crippen LogP contribution in [0.3, 0.4) is 0 Å². The third-order valence-corrected chi connectivity index (χ3v) is 4.58. The van der Waals surface area contributed by atoms with Crippen molar-refractivity contribution in [2.45, 2.75) is 12.8 Å². The van der Waals surface area contributed by atoms with Gasteiger partial charge in [-0.2, -0.15) is 0 Å². The maximum Gasteiger partial charge on any atom is 0.125 e. The summed E-state index contributed by atoms with van der Waals surface area (Å²) in [5.41, 5.74) is 3.49. The lowest BCUT2D eigenvalue weighted by atomic mass is 10.0. The summed E-state index contributed by atoms with van der Waals surface area (Å²) in [5.74, 6) is 1.64. The maximum absolute atomic E-state index is 5.40. The molecular weight excluding hydrogens is 286 g/mol. The monoisotopic (exact) mass is 307 g/mol. The standard InChI is InChI=1S/C19H21N3O/c1-2-4-18-16(3-1)17(13-20-18)15-5-6-19(22-12-15)21-11-14-7-9-23-10-8-14/h1-6,12-14,20H,7-11H2,(H,21,22). The zero-order valence-electron chi connectivity index (χ0n) is 13.1. The second-order valence-electron chi connectivity index (χ2n) is 6.12. The average Bonchev–Trinajstić information content (AvgIpc) is 3.05. The molecule has 4 heteroatoms. The molecule has 0 spiro atoms. The van der Waals surface area contributed by atoms with E-state index in [0.29, 0.717) is 5.92 Å². The second kappa shape index (κ2) is 6.42. The van der Waals surface area contributed by atoms with E-state index < -0.39 is 0 Å². The van der Waals surface area contributed by atoms with E-state index in [1.165, 1.54) is 10.9 Å². The zero-order chi connectivity index (χ0) is 15.5. The number of ether oxygens (including phenoxy) is 1. The number of para-hydroxylation sites is 1. The molecule has 1 saturated heterocycles. The summed E-state index contributed by atoms with van der Waals surface area (Å²) in [6.07, 6.45) is 6.28. The SMILES string of the molecule is c1ccc2c(-c3ccc(NCC4CCOCC4)nc3)c[nH]c2c1. The average molecular weight is 307 g/mol. The molecule has 2 aromatic heterocycles. The molecule has 0 unspecified atom stereocenters. The Morgan fingerprint density at radius 3 is 2.83 bits per heavy atom. The molecular formula is C19H21N3O. The minimum absolute atomic E-state index is 0.693. The molecule has 118 valence electrons. The summed E-state index contributed by atoms with van der Waals surface area (Å²) in [4.78, 5) is 7.88. The van der Waals surface area contributed by atoms with Gasteiger partial charge in [-0.05, 0) is 37.0 Å². The Morgan fingerprint density at radius 2 is 2.00 bits per heavy atom. The Hall–Kier alpha value is -2.33. The molecule has 3 heterocycles. The van der Waals surface area contributed by atoms with Gasteiger partial charge < -0.3 is 15.0 Å². The van der Waals surface area contributed by atoms with Crippen molar-refractivity contribution in [3.63, 3.8) is 0 Å². The van der Waals surface area contributed by atoms with Gasteiger partial charge in [0.25, 0.3) is 0 Å². The number of nitrogens with one attached hydrogen (secondary N) is 2. The molecule has 1 aliphatic rings. The third-order valence-electron chi connectivity index (χ3n) is 4.58. The van der Waals surface area contributed by atoms with Crippen LogP contribution in [-0.2, 0) is 4.74 Å². The molecule has 0 amide bonds. The van der Waals surface area contributed by atoms with E-state index in [4.69, 9.17) is 4.74 Å². The number of benzene rings is 1. The quantitative estimate of drug-likeness (QED) is 0.764. The van der Waals surface area contributed by atoms with Crippen molar-refractivity contribution >= 4 is 16.7 Å². The van der Waals surface area contributed by atoms with E-state index in [-0.39, 0.29) is 0 Å². The van der Waals surface area contributed by atoms with Gasteiger partial charge in [-0.3, -0.25) is 0 Å². The number of nitrogens with zero attached hydrogens (tertiary/aromatic N) is 1. The number of H-pyrrole nitrogens is 1. The lowest BCUT2D eigenvalue weighted by Crippen LogP contribution is -2.22. The van der Waals surface area contributed by atoms with Crippen LogP contribution in [0, 0.1) is 5.92 Å². The highest BCUT2D eigenvalue weighted by molar-refractivity contribution is 5.95. The van der Waals surface area contributed by atoms with Crippen LogP contribution in [0.2, 0.25) is 0 Å². The number of rotatable bonds is 4. The zero-order valence-corrected chi connectivity index (χ0v) is 13.1. The minimum atomic E-state index is 0.693. The van der Waals surface area contributed by atoms with Gasteiger partial charge in [0.15, 0.2) is 0 Å². The molecule has 3 aromatic rings. The summed E-state index contributed by atoms with van der Waals surface area (Å²) >= 11 is 0. The first-order valence-corrected chi connectivity index (χ1v) is 8.24. The van der Waals surface area contributed by atoms with Crippen molar-refractivity contribution in [3.8, 4) is 11.1 Å². The lowest BCUT2D eigenvalue weighted by Gasteiger charge is -2.22. The van der Waals surface area contributed by atoms with Gasteiger partial charge in [-0.15, -0.1) is 0 Å². The van der Waals surface area contributed by atoms with Crippen LogP contribution >= 0.6 is 0 Å². The summed E-state index contributed by atoms with van der Waals surface area (Å²) < 4.78 is 5.40. The fraction of sp³-hybridized carbons (Fsp3) is 0.316. The number of aromatic amines is 1. The number of aromatic nitrogens is 2. The van der Waals surface area contributed by atoms with Crippen LogP contribution in [0.15, 0.2) is 48.8 Å². The van der Waals surface area contributed by atoms with E-state index >= 15 is 0 Å². The van der Waals surface area contributed by atoms with Gasteiger partial charge in [0.05, 0.1) is 0 Å². The molecule has 0 saturated carbocycles. The van der Waals surface area contributed by atoms with Crippen molar-refractivity contribution in [1.82, 2.24) is 9.97 Å². The maximum atomic E-state index is 5.40. The Labute approximate surface area is 135 Å². The number of anilines is 1. The largest absolute Gasteiger partial charge is 0.381 e. The fourth-order valence-electron chi connectivity index (χ4n) is 3.17. The molecule has 0 radical (unpaired) electrons. The Morgan fingerprint density at radius 1 is 1.13 bits per heavy atom. The van der Waals surface area contributed by atoms with Gasteiger partial charge in [0, 0.05) is 54.2 Å². The lowest BCUT2D eigenvalue weighted by molar-refractivity contribution is 0.0699. The van der Waals surface area contributed by atoms with Crippen LogP contribution in [0.1, 0.15) is 12.8 Å². The van der Waals surface area contributed by atoms with Crippen LogP contribution < -0.4 is 5.32 Å². The minimum Gasteiger partial charge on any atom is -0.381 e. The van der Waals surface area contributed by atoms with Crippen LogP contribution in [0.4, 0.5) is 5.82 Å². The van der Waals surface area contributed by atoms with Gasteiger partial charge in [0.2, 0.25) is 0 Å².